The van der Waals surface area contributed by atoms with E-state index in [0.717, 1.165) is 16.5 Å². The zero-order valence-corrected chi connectivity index (χ0v) is 15.6. The van der Waals surface area contributed by atoms with E-state index in [-0.39, 0.29) is 6.61 Å². The highest BCUT2D eigenvalue weighted by atomic mass is 16.5. The smallest absolute Gasteiger partial charge is 0.419 e. The Bertz CT molecular complexity index is 1190. The molecule has 0 aliphatic heterocycles. The number of benzene rings is 3. The summed E-state index contributed by atoms with van der Waals surface area (Å²) in [4.78, 5) is 25.3. The van der Waals surface area contributed by atoms with Crippen LogP contribution in [0.25, 0.3) is 21.8 Å². The van der Waals surface area contributed by atoms with Gasteiger partial charge in [0.25, 0.3) is 0 Å². The summed E-state index contributed by atoms with van der Waals surface area (Å²) < 4.78 is 12.0. The lowest BCUT2D eigenvalue weighted by Gasteiger charge is -2.08. The van der Waals surface area contributed by atoms with Crippen LogP contribution in [0, 0.1) is 6.92 Å². The van der Waals surface area contributed by atoms with Crippen LogP contribution in [0.1, 0.15) is 21.5 Å². The van der Waals surface area contributed by atoms with Gasteiger partial charge in [-0.05, 0) is 36.8 Å². The summed E-state index contributed by atoms with van der Waals surface area (Å²) in [6.45, 7) is 2.14. The second-order valence-corrected chi connectivity index (χ2v) is 6.59. The van der Waals surface area contributed by atoms with Gasteiger partial charge in [0.2, 0.25) is 0 Å². The standard InChI is InChI=1S/C23H19NO4/c1-15-11-12-19-18(13-15)21-17(22(25)27-2)9-6-10-20(21)24(19)23(26)28-14-16-7-4-3-5-8-16/h3-13H,14H2,1-2H3. The van der Waals surface area contributed by atoms with E-state index in [2.05, 4.69) is 0 Å². The van der Waals surface area contributed by atoms with Crippen molar-refractivity contribution in [1.29, 1.82) is 0 Å². The molecule has 0 amide bonds. The van der Waals surface area contributed by atoms with Crippen molar-refractivity contribution in [3.8, 4) is 0 Å². The third-order valence-corrected chi connectivity index (χ3v) is 4.74. The van der Waals surface area contributed by atoms with Crippen LogP contribution in [0.5, 0.6) is 0 Å². The molecule has 0 bridgehead atoms. The first-order chi connectivity index (χ1) is 13.6. The molecule has 0 atom stereocenters. The fraction of sp³-hybridized carbons (Fsp3) is 0.130. The van der Waals surface area contributed by atoms with Crippen molar-refractivity contribution in [1.82, 2.24) is 4.57 Å². The quantitative estimate of drug-likeness (QED) is 0.470. The van der Waals surface area contributed by atoms with Gasteiger partial charge < -0.3 is 9.47 Å². The SMILES string of the molecule is COC(=O)c1cccc2c1c1cc(C)ccc1n2C(=O)OCc1ccccc1. The fourth-order valence-electron chi connectivity index (χ4n) is 3.45. The van der Waals surface area contributed by atoms with Crippen LogP contribution in [0.3, 0.4) is 0 Å². The van der Waals surface area contributed by atoms with E-state index in [1.165, 1.54) is 11.7 Å². The van der Waals surface area contributed by atoms with Gasteiger partial charge in [-0.2, -0.15) is 0 Å². The van der Waals surface area contributed by atoms with Crippen LogP contribution in [0.15, 0.2) is 66.7 Å². The third-order valence-electron chi connectivity index (χ3n) is 4.74. The van der Waals surface area contributed by atoms with Crippen LogP contribution in [0.2, 0.25) is 0 Å². The minimum Gasteiger partial charge on any atom is -0.465 e. The van der Waals surface area contributed by atoms with E-state index in [0.29, 0.717) is 22.0 Å². The molecule has 140 valence electrons. The predicted molar refractivity (Wildman–Crippen MR) is 108 cm³/mol. The number of nitrogens with zero attached hydrogens (tertiary/aromatic N) is 1. The highest BCUT2D eigenvalue weighted by molar-refractivity contribution is 6.19. The van der Waals surface area contributed by atoms with Gasteiger partial charge in [0.05, 0.1) is 23.7 Å². The van der Waals surface area contributed by atoms with E-state index in [1.54, 1.807) is 18.2 Å². The Labute approximate surface area is 162 Å². The van der Waals surface area contributed by atoms with Gasteiger partial charge in [-0.25, -0.2) is 14.2 Å². The minimum absolute atomic E-state index is 0.170. The van der Waals surface area contributed by atoms with Gasteiger partial charge in [0.15, 0.2) is 0 Å². The Morgan fingerprint density at radius 3 is 2.46 bits per heavy atom. The summed E-state index contributed by atoms with van der Waals surface area (Å²) >= 11 is 0. The molecule has 0 saturated heterocycles. The molecule has 4 rings (SSSR count). The Kier molecular flexibility index (Phi) is 4.57. The number of hydrogen-bond acceptors (Lipinski definition) is 4. The molecule has 0 unspecified atom stereocenters. The molecule has 28 heavy (non-hydrogen) atoms. The van der Waals surface area contributed by atoms with Gasteiger partial charge in [0.1, 0.15) is 6.61 Å². The molecule has 0 aliphatic rings. The molecule has 5 heteroatoms. The highest BCUT2D eigenvalue weighted by Crippen LogP contribution is 2.33. The molecule has 5 nitrogen and oxygen atoms in total. The summed E-state index contributed by atoms with van der Waals surface area (Å²) in [6, 6.07) is 20.5. The summed E-state index contributed by atoms with van der Waals surface area (Å²) in [7, 11) is 1.35. The number of esters is 1. The summed E-state index contributed by atoms with van der Waals surface area (Å²) in [6.07, 6.45) is -0.491. The van der Waals surface area contributed by atoms with E-state index < -0.39 is 12.1 Å². The van der Waals surface area contributed by atoms with E-state index in [1.807, 2.05) is 55.5 Å². The second-order valence-electron chi connectivity index (χ2n) is 6.59. The van der Waals surface area contributed by atoms with Crippen LogP contribution >= 0.6 is 0 Å². The Balaban J connectivity index is 1.87. The Morgan fingerprint density at radius 2 is 1.71 bits per heavy atom. The number of aromatic nitrogens is 1. The minimum atomic E-state index is -0.491. The van der Waals surface area contributed by atoms with Crippen molar-refractivity contribution >= 4 is 33.9 Å². The predicted octanol–water partition coefficient (Wildman–Crippen LogP) is 5.07. The van der Waals surface area contributed by atoms with Crippen LogP contribution < -0.4 is 0 Å². The molecule has 4 aromatic rings. The largest absolute Gasteiger partial charge is 0.465 e. The number of carbonyl (C=O) groups excluding carboxylic acids is 2. The maximum absolute atomic E-state index is 13.0. The summed E-state index contributed by atoms with van der Waals surface area (Å²) in [5.74, 6) is -0.441. The van der Waals surface area contributed by atoms with E-state index in [4.69, 9.17) is 9.47 Å². The molecular weight excluding hydrogens is 354 g/mol. The molecular formula is C23H19NO4. The zero-order chi connectivity index (χ0) is 19.7. The van der Waals surface area contributed by atoms with Crippen molar-refractivity contribution in [2.24, 2.45) is 0 Å². The van der Waals surface area contributed by atoms with Crippen molar-refractivity contribution in [2.45, 2.75) is 13.5 Å². The van der Waals surface area contributed by atoms with Crippen molar-refractivity contribution in [3.63, 3.8) is 0 Å². The molecule has 0 aliphatic carbocycles. The molecule has 0 spiro atoms. The van der Waals surface area contributed by atoms with Gasteiger partial charge in [-0.15, -0.1) is 0 Å². The second kappa shape index (κ2) is 7.19. The zero-order valence-electron chi connectivity index (χ0n) is 15.6. The van der Waals surface area contributed by atoms with Gasteiger partial charge in [0, 0.05) is 10.8 Å². The first-order valence-electron chi connectivity index (χ1n) is 8.93. The topological polar surface area (TPSA) is 57.5 Å². The first-order valence-corrected chi connectivity index (χ1v) is 8.93. The van der Waals surface area contributed by atoms with Crippen molar-refractivity contribution in [3.05, 3.63) is 83.4 Å². The third kappa shape index (κ3) is 3.01. The molecule has 0 fully saturated rings. The number of ether oxygens (including phenoxy) is 2. The molecule has 1 heterocycles. The van der Waals surface area contributed by atoms with Gasteiger partial charge >= 0.3 is 12.1 Å². The lowest BCUT2D eigenvalue weighted by atomic mass is 10.1. The lowest BCUT2D eigenvalue weighted by molar-refractivity contribution is 0.0603. The molecule has 3 aromatic carbocycles. The van der Waals surface area contributed by atoms with Crippen LogP contribution in [-0.2, 0) is 16.1 Å². The van der Waals surface area contributed by atoms with E-state index in [9.17, 15) is 9.59 Å². The molecule has 1 aromatic heterocycles. The van der Waals surface area contributed by atoms with Crippen LogP contribution in [0.4, 0.5) is 4.79 Å². The van der Waals surface area contributed by atoms with Crippen molar-refractivity contribution in [2.75, 3.05) is 7.11 Å². The average molecular weight is 373 g/mol. The number of hydrogen-bond donors (Lipinski definition) is 0. The number of aryl methyl sites for hydroxylation is 1. The maximum atomic E-state index is 13.0. The maximum Gasteiger partial charge on any atom is 0.419 e. The summed E-state index contributed by atoms with van der Waals surface area (Å²) in [5, 5.41) is 1.50. The number of methoxy groups -OCH3 is 1. The number of carbonyl (C=O) groups is 2. The molecule has 0 saturated carbocycles. The molecule has 0 N–H and O–H groups in total. The van der Waals surface area contributed by atoms with Gasteiger partial charge in [-0.3, -0.25) is 0 Å². The normalized spacial score (nSPS) is 10.9. The summed E-state index contributed by atoms with van der Waals surface area (Å²) in [5.41, 5.74) is 3.66. The van der Waals surface area contributed by atoms with Crippen molar-refractivity contribution < 1.29 is 19.1 Å². The monoisotopic (exact) mass is 373 g/mol. The number of rotatable bonds is 3. The molecule has 0 radical (unpaired) electrons. The highest BCUT2D eigenvalue weighted by Gasteiger charge is 2.22. The lowest BCUT2D eigenvalue weighted by Crippen LogP contribution is -2.13. The van der Waals surface area contributed by atoms with E-state index >= 15 is 0 Å². The fourth-order valence-corrected chi connectivity index (χ4v) is 3.45. The first kappa shape index (κ1) is 17.8. The van der Waals surface area contributed by atoms with Crippen LogP contribution in [-0.4, -0.2) is 23.7 Å². The average Bonchev–Trinajstić information content (AvgIpc) is 3.06. The van der Waals surface area contributed by atoms with Gasteiger partial charge in [-0.1, -0.05) is 48.0 Å². The Hall–Kier alpha value is -3.60. The number of fused-ring (bicyclic) bond motifs is 3. The Morgan fingerprint density at radius 1 is 0.929 bits per heavy atom.